The van der Waals surface area contributed by atoms with Crippen LogP contribution in [0.25, 0.3) is 0 Å². The van der Waals surface area contributed by atoms with E-state index in [1.807, 2.05) is 0 Å². The minimum atomic E-state index is -0.516. The second-order valence-corrected chi connectivity index (χ2v) is 6.46. The van der Waals surface area contributed by atoms with Crippen LogP contribution in [0.1, 0.15) is 70.3 Å². The standard InChI is InChI=1S/C20H32O4/c1-3-4-5-6-7-8-9-17(21)15-18(22)12-10-16-11-13-19(23)20(14-16)24-2/h11,13-14,17,21,23H,3-10,12,15H2,1-2H3. The molecule has 4 nitrogen and oxygen atoms in total. The summed E-state index contributed by atoms with van der Waals surface area (Å²) >= 11 is 0. The molecule has 0 amide bonds. The first-order valence-corrected chi connectivity index (χ1v) is 9.12. The lowest BCUT2D eigenvalue weighted by molar-refractivity contribution is -0.121. The Balaban J connectivity index is 2.21. The molecule has 2 N–H and O–H groups in total. The van der Waals surface area contributed by atoms with E-state index in [-0.39, 0.29) is 18.0 Å². The summed E-state index contributed by atoms with van der Waals surface area (Å²) in [6, 6.07) is 5.11. The van der Waals surface area contributed by atoms with Gasteiger partial charge in [-0.15, -0.1) is 0 Å². The minimum Gasteiger partial charge on any atom is -0.504 e. The van der Waals surface area contributed by atoms with Crippen molar-refractivity contribution in [1.29, 1.82) is 0 Å². The maximum atomic E-state index is 12.0. The first kappa shape index (κ1) is 20.5. The number of phenols is 1. The number of benzene rings is 1. The number of phenolic OH excluding ortho intramolecular Hbond substituents is 1. The van der Waals surface area contributed by atoms with Gasteiger partial charge in [0.15, 0.2) is 11.5 Å². The van der Waals surface area contributed by atoms with Gasteiger partial charge in [0, 0.05) is 12.8 Å². The molecule has 0 fully saturated rings. The normalized spacial score (nSPS) is 12.1. The van der Waals surface area contributed by atoms with E-state index >= 15 is 0 Å². The van der Waals surface area contributed by atoms with Crippen molar-refractivity contribution in [2.24, 2.45) is 0 Å². The van der Waals surface area contributed by atoms with Crippen molar-refractivity contribution in [3.63, 3.8) is 0 Å². The number of aliphatic hydroxyl groups excluding tert-OH is 1. The van der Waals surface area contributed by atoms with Gasteiger partial charge >= 0.3 is 0 Å². The predicted octanol–water partition coefficient (Wildman–Crippen LogP) is 4.40. The molecule has 136 valence electrons. The number of rotatable bonds is 13. The number of hydrogen-bond donors (Lipinski definition) is 2. The zero-order valence-corrected chi connectivity index (χ0v) is 15.1. The summed E-state index contributed by atoms with van der Waals surface area (Å²) in [6.45, 7) is 2.20. The topological polar surface area (TPSA) is 66.8 Å². The van der Waals surface area contributed by atoms with E-state index in [4.69, 9.17) is 4.74 Å². The van der Waals surface area contributed by atoms with E-state index in [0.717, 1.165) is 18.4 Å². The van der Waals surface area contributed by atoms with Crippen LogP contribution < -0.4 is 4.74 Å². The van der Waals surface area contributed by atoms with Crippen LogP contribution in [0.15, 0.2) is 18.2 Å². The molecule has 0 saturated heterocycles. The molecule has 1 aromatic rings. The average molecular weight is 336 g/mol. The predicted molar refractivity (Wildman–Crippen MR) is 96.6 cm³/mol. The number of hydrogen-bond acceptors (Lipinski definition) is 4. The Kier molecular flexibility index (Phi) is 10.2. The Bertz CT molecular complexity index is 485. The van der Waals surface area contributed by atoms with E-state index in [2.05, 4.69) is 6.92 Å². The van der Waals surface area contributed by atoms with Gasteiger partial charge < -0.3 is 14.9 Å². The van der Waals surface area contributed by atoms with Gasteiger partial charge in [-0.05, 0) is 30.5 Å². The largest absolute Gasteiger partial charge is 0.504 e. The van der Waals surface area contributed by atoms with Gasteiger partial charge in [0.1, 0.15) is 5.78 Å². The van der Waals surface area contributed by atoms with Crippen molar-refractivity contribution in [1.82, 2.24) is 0 Å². The Morgan fingerprint density at radius 1 is 1.17 bits per heavy atom. The molecule has 0 aliphatic rings. The van der Waals surface area contributed by atoms with Crippen molar-refractivity contribution in [2.45, 2.75) is 77.2 Å². The first-order chi connectivity index (χ1) is 11.6. The number of ether oxygens (including phenoxy) is 1. The maximum absolute atomic E-state index is 12.0. The second-order valence-electron chi connectivity index (χ2n) is 6.46. The Morgan fingerprint density at radius 2 is 1.88 bits per heavy atom. The van der Waals surface area contributed by atoms with Gasteiger partial charge in [-0.3, -0.25) is 4.79 Å². The van der Waals surface area contributed by atoms with Gasteiger partial charge in [0.25, 0.3) is 0 Å². The van der Waals surface area contributed by atoms with Crippen LogP contribution in [-0.2, 0) is 11.2 Å². The van der Waals surface area contributed by atoms with Gasteiger partial charge in [-0.1, -0.05) is 51.5 Å². The van der Waals surface area contributed by atoms with Crippen LogP contribution in [0.4, 0.5) is 0 Å². The Hall–Kier alpha value is -1.55. The molecular formula is C20H32O4. The van der Waals surface area contributed by atoms with Gasteiger partial charge in [0.2, 0.25) is 0 Å². The lowest BCUT2D eigenvalue weighted by Gasteiger charge is -2.10. The first-order valence-electron chi connectivity index (χ1n) is 9.12. The number of Topliss-reactive ketones (excluding diaryl/α,β-unsaturated/α-hetero) is 1. The summed E-state index contributed by atoms with van der Waals surface area (Å²) in [5.74, 6) is 0.602. The number of aromatic hydroxyl groups is 1. The summed E-state index contributed by atoms with van der Waals surface area (Å²) in [4.78, 5) is 12.0. The molecule has 1 atom stereocenters. The highest BCUT2D eigenvalue weighted by atomic mass is 16.5. The minimum absolute atomic E-state index is 0.0838. The fourth-order valence-electron chi connectivity index (χ4n) is 2.79. The van der Waals surface area contributed by atoms with E-state index in [1.165, 1.54) is 32.8 Å². The molecule has 0 bridgehead atoms. The van der Waals surface area contributed by atoms with Gasteiger partial charge in [-0.25, -0.2) is 0 Å². The van der Waals surface area contributed by atoms with Gasteiger partial charge in [-0.2, -0.15) is 0 Å². The molecule has 4 heteroatoms. The number of ketones is 1. The third kappa shape index (κ3) is 8.34. The van der Waals surface area contributed by atoms with Crippen LogP contribution in [0.5, 0.6) is 11.5 Å². The summed E-state index contributed by atoms with van der Waals surface area (Å²) in [6.07, 6.45) is 8.58. The fraction of sp³-hybridized carbons (Fsp3) is 0.650. The van der Waals surface area contributed by atoms with Crippen molar-refractivity contribution < 1.29 is 19.7 Å². The molecule has 24 heavy (non-hydrogen) atoms. The number of carbonyl (C=O) groups excluding carboxylic acids is 1. The molecule has 1 unspecified atom stereocenters. The number of aliphatic hydroxyl groups is 1. The van der Waals surface area contributed by atoms with E-state index in [0.29, 0.717) is 25.0 Å². The van der Waals surface area contributed by atoms with Crippen LogP contribution >= 0.6 is 0 Å². The quantitative estimate of drug-likeness (QED) is 0.524. The summed E-state index contributed by atoms with van der Waals surface area (Å²) in [5, 5.41) is 19.5. The molecule has 0 radical (unpaired) electrons. The Morgan fingerprint density at radius 3 is 2.58 bits per heavy atom. The van der Waals surface area contributed by atoms with Crippen molar-refractivity contribution in [3.05, 3.63) is 23.8 Å². The highest BCUT2D eigenvalue weighted by molar-refractivity contribution is 5.79. The second kappa shape index (κ2) is 11.9. The third-order valence-electron chi connectivity index (χ3n) is 4.29. The zero-order chi connectivity index (χ0) is 17.8. The molecule has 0 spiro atoms. The van der Waals surface area contributed by atoms with Crippen molar-refractivity contribution >= 4 is 5.78 Å². The molecule has 1 rings (SSSR count). The number of unbranched alkanes of at least 4 members (excludes halogenated alkanes) is 5. The lowest BCUT2D eigenvalue weighted by atomic mass is 10.0. The molecule has 0 aromatic heterocycles. The van der Waals surface area contributed by atoms with Crippen LogP contribution in [-0.4, -0.2) is 29.2 Å². The van der Waals surface area contributed by atoms with Gasteiger partial charge in [0.05, 0.1) is 13.2 Å². The molecular weight excluding hydrogens is 304 g/mol. The number of methoxy groups -OCH3 is 1. The van der Waals surface area contributed by atoms with Crippen LogP contribution in [0.2, 0.25) is 0 Å². The molecule has 0 saturated carbocycles. The lowest BCUT2D eigenvalue weighted by Crippen LogP contribution is -2.14. The van der Waals surface area contributed by atoms with E-state index in [9.17, 15) is 15.0 Å². The van der Waals surface area contributed by atoms with Crippen molar-refractivity contribution in [3.8, 4) is 11.5 Å². The maximum Gasteiger partial charge on any atom is 0.160 e. The van der Waals surface area contributed by atoms with Crippen LogP contribution in [0.3, 0.4) is 0 Å². The summed E-state index contributed by atoms with van der Waals surface area (Å²) in [5.41, 5.74) is 0.948. The van der Waals surface area contributed by atoms with Crippen LogP contribution in [0, 0.1) is 0 Å². The van der Waals surface area contributed by atoms with E-state index in [1.54, 1.807) is 18.2 Å². The molecule has 0 heterocycles. The third-order valence-corrected chi connectivity index (χ3v) is 4.29. The highest BCUT2D eigenvalue weighted by Crippen LogP contribution is 2.26. The Labute approximate surface area is 145 Å². The molecule has 1 aromatic carbocycles. The molecule has 0 aliphatic carbocycles. The smallest absolute Gasteiger partial charge is 0.160 e. The zero-order valence-electron chi connectivity index (χ0n) is 15.1. The summed E-state index contributed by atoms with van der Waals surface area (Å²) < 4.78 is 5.06. The number of carbonyl (C=O) groups is 1. The SMILES string of the molecule is CCCCCCCCC(O)CC(=O)CCc1ccc(O)c(OC)c1. The number of aryl methyl sites for hydroxylation is 1. The van der Waals surface area contributed by atoms with E-state index < -0.39 is 6.10 Å². The molecule has 0 aliphatic heterocycles. The average Bonchev–Trinajstić information content (AvgIpc) is 2.57. The highest BCUT2D eigenvalue weighted by Gasteiger charge is 2.11. The summed E-state index contributed by atoms with van der Waals surface area (Å²) in [7, 11) is 1.50. The monoisotopic (exact) mass is 336 g/mol. The van der Waals surface area contributed by atoms with Crippen molar-refractivity contribution in [2.75, 3.05) is 7.11 Å². The fourth-order valence-corrected chi connectivity index (χ4v) is 2.79.